The van der Waals surface area contributed by atoms with E-state index in [4.69, 9.17) is 38.4 Å². The molecular formula is C72H97Cl2N9O14S2. The minimum atomic E-state index is -4.29. The van der Waals surface area contributed by atoms with Gasteiger partial charge in [-0.2, -0.15) is 25.4 Å². The normalized spacial score (nSPS) is 29.6. The summed E-state index contributed by atoms with van der Waals surface area (Å²) in [4.78, 5) is 60.8. The molecule has 0 radical (unpaired) electrons. The van der Waals surface area contributed by atoms with Gasteiger partial charge in [0.05, 0.1) is 49.6 Å². The Hall–Kier alpha value is -6.36. The maximum Gasteiger partial charge on any atom is 0.303 e. The van der Waals surface area contributed by atoms with Crippen LogP contribution in [-0.4, -0.2) is 186 Å². The number of halogens is 2. The number of benzene rings is 4. The fourth-order valence-electron chi connectivity index (χ4n) is 15.4. The molecule has 4 aromatic carbocycles. The zero-order chi connectivity index (χ0) is 71.6. The van der Waals surface area contributed by atoms with Crippen LogP contribution in [0.25, 0.3) is 0 Å². The molecule has 10 atom stereocenters. The van der Waals surface area contributed by atoms with Crippen molar-refractivity contribution in [3.05, 3.63) is 141 Å². The van der Waals surface area contributed by atoms with Gasteiger partial charge >= 0.3 is 10.2 Å². The number of primary amides is 1. The van der Waals surface area contributed by atoms with Gasteiger partial charge in [-0.1, -0.05) is 71.8 Å². The monoisotopic (exact) mass is 1450 g/mol. The Morgan fingerprint density at radius 1 is 0.616 bits per heavy atom. The average Bonchev–Trinajstić information content (AvgIpc) is 1.70. The number of allylic oxidation sites excluding steroid dienone is 2. The quantitative estimate of drug-likeness (QED) is 0.107. The summed E-state index contributed by atoms with van der Waals surface area (Å²) >= 11 is 12.8. The third kappa shape index (κ3) is 16.6. The number of nitrogens with two attached hydrogens (primary N) is 2. The SMILES string of the molecule is CN(C)S(N)(=O)=O.CN1CCC/C=C/[C@H](O)[C@@H]2CC[C@H]2CN2C[C@@]3(CCCc4cc(Cl)ccc43)COc3ccc(cc32)[C@@](O)(C(N)=O)CC1=O.CN1CCC/C=C/[C@H](O)[C@@H]2CC[C@H]2CN2C[C@@]3(CCCc4cc(Cl)ccc43)COc3ccc(cc32)[C@](O)(C(=O)NS(=O)(=O)N(C)C)CC1=O. The summed E-state index contributed by atoms with van der Waals surface area (Å²) in [6.45, 7) is 4.23. The van der Waals surface area contributed by atoms with E-state index < -0.39 is 74.4 Å². The predicted molar refractivity (Wildman–Crippen MR) is 381 cm³/mol. The zero-order valence-electron chi connectivity index (χ0n) is 57.5. The Bertz CT molecular complexity index is 3960. The standard InChI is InChI=1S/C36H47ClN4O7S.C34H42ClN3O5.C2H8N2O2S/c1-39(2)49(46,47)38-34(44)36(45)20-33(43)40(3)17-6-4-5-9-31(42)28-13-10-25(28)21-41-22-35(23-48-32-15-11-26(36)19-30(32)41)16-7-8-24-18-27(37)12-14-29(24)35;1-37-15-4-2-3-7-29(39)26-11-8-23(26)19-38-20-33(14-5-6-22-16-25(35)10-12-27(22)33)21-43-30-13-9-24(17-28(30)38)34(42,32(36)41)18-31(37)40;1-4(2)7(3,5)6/h5,9,11-12,14-15,18-19,25,28,31,42,45H,4,6-8,10,13,16-17,20-23H2,1-3H3,(H,38,44);3,7,9-10,12-13,16-17,23,26,29,39,42H,2,4-6,8,11,14-15,18-21H2,1H3,(H2,36,41);1-2H3,(H2,3,5,6)/b9-5+;7-3+;/t25-,28+,31-,35-,36-;23-,26+,29-,33-,34+;/m00./s1. The van der Waals surface area contributed by atoms with Gasteiger partial charge in [0.25, 0.3) is 22.0 Å². The van der Waals surface area contributed by atoms with Crippen molar-refractivity contribution < 1.29 is 65.9 Å². The van der Waals surface area contributed by atoms with Crippen molar-refractivity contribution in [1.82, 2.24) is 23.1 Å². The Morgan fingerprint density at radius 2 is 1.04 bits per heavy atom. The third-order valence-electron chi connectivity index (χ3n) is 21.8. The van der Waals surface area contributed by atoms with Crippen molar-refractivity contribution in [1.29, 1.82) is 0 Å². The molecule has 12 rings (SSSR count). The number of carbonyl (C=O) groups excluding carboxylic acids is 4. The molecule has 27 heteroatoms. The lowest BCUT2D eigenvalue weighted by atomic mass is 9.68. The summed E-state index contributed by atoms with van der Waals surface area (Å²) in [5.41, 5.74) is 7.06. The minimum Gasteiger partial charge on any atom is -0.490 e. The highest BCUT2D eigenvalue weighted by atomic mass is 35.5. The molecule has 0 unspecified atom stereocenters. The van der Waals surface area contributed by atoms with Crippen LogP contribution < -0.4 is 34.9 Å². The highest BCUT2D eigenvalue weighted by Gasteiger charge is 2.49. The van der Waals surface area contributed by atoms with E-state index >= 15 is 0 Å². The van der Waals surface area contributed by atoms with Crippen molar-refractivity contribution in [3.63, 3.8) is 0 Å². The van der Waals surface area contributed by atoms with Crippen LogP contribution in [0.5, 0.6) is 11.5 Å². The average molecular weight is 1450 g/mol. The number of aliphatic hydroxyl groups is 4. The van der Waals surface area contributed by atoms with E-state index in [9.17, 15) is 56.4 Å². The smallest absolute Gasteiger partial charge is 0.303 e. The topological polar surface area (TPSA) is 319 Å². The molecule has 2 spiro atoms. The van der Waals surface area contributed by atoms with Gasteiger partial charge in [0, 0.05) is 102 Å². The second-order valence-electron chi connectivity index (χ2n) is 28.8. The number of aryl methyl sites for hydroxylation is 2. The summed E-state index contributed by atoms with van der Waals surface area (Å²) in [5.74, 6) is -1.21. The fourth-order valence-corrected chi connectivity index (χ4v) is 16.4. The van der Waals surface area contributed by atoms with E-state index in [-0.39, 0.29) is 51.5 Å². The van der Waals surface area contributed by atoms with Crippen LogP contribution in [-0.2, 0) is 74.5 Å². The first-order chi connectivity index (χ1) is 46.8. The number of anilines is 2. The van der Waals surface area contributed by atoms with Crippen LogP contribution >= 0.6 is 23.2 Å². The van der Waals surface area contributed by atoms with Gasteiger partial charge in [0.2, 0.25) is 11.8 Å². The molecule has 0 aromatic heterocycles. The third-order valence-corrected chi connectivity index (χ3v) is 24.7. The van der Waals surface area contributed by atoms with E-state index in [1.54, 1.807) is 44.4 Å². The Balaban J connectivity index is 0.000000197. The van der Waals surface area contributed by atoms with Crippen molar-refractivity contribution in [3.8, 4) is 11.5 Å². The van der Waals surface area contributed by atoms with Gasteiger partial charge in [-0.25, -0.2) is 9.86 Å². The molecular weight excluding hydrogens is 1350 g/mol. The van der Waals surface area contributed by atoms with Gasteiger partial charge in [-0.3, -0.25) is 19.2 Å². The van der Waals surface area contributed by atoms with Crippen LogP contribution in [0.3, 0.4) is 0 Å². The highest BCUT2D eigenvalue weighted by Crippen LogP contribution is 2.50. The van der Waals surface area contributed by atoms with E-state index in [0.717, 1.165) is 83.5 Å². The number of rotatable bonds is 5. The molecule has 540 valence electrons. The van der Waals surface area contributed by atoms with Gasteiger partial charge in [0.15, 0.2) is 11.2 Å². The number of hydrogen-bond acceptors (Lipinski definition) is 16. The van der Waals surface area contributed by atoms with Crippen LogP contribution in [0, 0.1) is 23.7 Å². The molecule has 4 aromatic rings. The minimum absolute atomic E-state index is 0.0688. The first-order valence-electron chi connectivity index (χ1n) is 34.3. The Morgan fingerprint density at radius 3 is 1.43 bits per heavy atom. The van der Waals surface area contributed by atoms with Gasteiger partial charge in [0.1, 0.15) is 11.5 Å². The number of carbonyl (C=O) groups is 4. The number of amides is 4. The molecule has 2 saturated carbocycles. The molecule has 4 bridgehead atoms. The summed E-state index contributed by atoms with van der Waals surface area (Å²) in [5, 5.41) is 52.2. The molecule has 23 nitrogen and oxygen atoms in total. The lowest BCUT2D eigenvalue weighted by molar-refractivity contribution is -0.148. The molecule has 2 fully saturated rings. The second-order valence-corrected chi connectivity index (χ2v) is 33.3. The van der Waals surface area contributed by atoms with Gasteiger partial charge in [-0.15, -0.1) is 0 Å². The summed E-state index contributed by atoms with van der Waals surface area (Å²) in [7, 11) is 0.831. The van der Waals surface area contributed by atoms with E-state index in [1.807, 2.05) is 47.2 Å². The highest BCUT2D eigenvalue weighted by molar-refractivity contribution is 7.87. The van der Waals surface area contributed by atoms with Crippen LogP contribution in [0.15, 0.2) is 97.1 Å². The Labute approximate surface area is 592 Å². The number of nitrogens with one attached hydrogen (secondary N) is 1. The zero-order valence-corrected chi connectivity index (χ0v) is 60.6. The van der Waals surface area contributed by atoms with Crippen molar-refractivity contribution >= 4 is 78.6 Å². The maximum atomic E-state index is 13.8. The molecule has 4 heterocycles. The number of hydrogen-bond donors (Lipinski definition) is 7. The van der Waals surface area contributed by atoms with E-state index in [2.05, 4.69) is 33.1 Å². The first-order valence-corrected chi connectivity index (χ1v) is 38.0. The van der Waals surface area contributed by atoms with E-state index in [0.29, 0.717) is 100 Å². The fraction of sp³-hybridized carbons (Fsp3) is 0.556. The van der Waals surface area contributed by atoms with Crippen LogP contribution in [0.1, 0.15) is 123 Å². The molecule has 4 aliphatic carbocycles. The van der Waals surface area contributed by atoms with Gasteiger partial charge < -0.3 is 55.2 Å². The summed E-state index contributed by atoms with van der Waals surface area (Å²) in [6.07, 6.45) is 17.6. The van der Waals surface area contributed by atoms with Crippen molar-refractivity contribution in [2.24, 2.45) is 34.5 Å². The lowest BCUT2D eigenvalue weighted by Crippen LogP contribution is -2.52. The molecule has 99 heavy (non-hydrogen) atoms. The Kier molecular flexibility index (Phi) is 23.3. The van der Waals surface area contributed by atoms with Crippen molar-refractivity contribution in [2.75, 3.05) is 105 Å². The van der Waals surface area contributed by atoms with Crippen molar-refractivity contribution in [2.45, 2.75) is 137 Å². The van der Waals surface area contributed by atoms with Gasteiger partial charge in [-0.05, 0) is 195 Å². The number of nitrogens with zero attached hydrogens (tertiary/aromatic N) is 6. The lowest BCUT2D eigenvalue weighted by Gasteiger charge is -2.45. The largest absolute Gasteiger partial charge is 0.490 e. The molecule has 8 aliphatic rings. The molecule has 0 saturated heterocycles. The first kappa shape index (κ1) is 75.3. The number of aliphatic hydroxyl groups excluding tert-OH is 2. The molecule has 4 aliphatic heterocycles. The maximum absolute atomic E-state index is 13.8. The summed E-state index contributed by atoms with van der Waals surface area (Å²) < 4.78 is 62.5. The second kappa shape index (κ2) is 30.7. The predicted octanol–water partition coefficient (Wildman–Crippen LogP) is 6.33. The van der Waals surface area contributed by atoms with E-state index in [1.165, 1.54) is 66.3 Å². The molecule has 4 amide bonds. The summed E-state index contributed by atoms with van der Waals surface area (Å²) in [6, 6.07) is 22.3. The van der Waals surface area contributed by atoms with Crippen LogP contribution in [0.4, 0.5) is 11.4 Å². The van der Waals surface area contributed by atoms with Crippen LogP contribution in [0.2, 0.25) is 10.0 Å². The molecule has 9 N–H and O–H groups in total. The number of fused-ring (bicyclic) bond motifs is 8. The number of ether oxygens (including phenoxy) is 2.